The van der Waals surface area contributed by atoms with Crippen LogP contribution in [0, 0.1) is 13.8 Å². The number of hydrogen-bond acceptors (Lipinski definition) is 2. The molecule has 0 aliphatic carbocycles. The van der Waals surface area contributed by atoms with Crippen molar-refractivity contribution in [2.75, 3.05) is 6.61 Å². The van der Waals surface area contributed by atoms with Crippen LogP contribution in [0.3, 0.4) is 0 Å². The Labute approximate surface area is 142 Å². The Morgan fingerprint density at radius 1 is 1.04 bits per heavy atom. The van der Waals surface area contributed by atoms with Crippen molar-refractivity contribution in [1.29, 1.82) is 0 Å². The molecule has 1 aromatic carbocycles. The third-order valence-corrected chi connectivity index (χ3v) is 4.31. The number of hydrogen-bond donors (Lipinski definition) is 0. The van der Waals surface area contributed by atoms with Gasteiger partial charge in [0.2, 0.25) is 0 Å². The fourth-order valence-electron chi connectivity index (χ4n) is 3.00. The van der Waals surface area contributed by atoms with E-state index >= 15 is 0 Å². The van der Waals surface area contributed by atoms with Gasteiger partial charge in [0.15, 0.2) is 0 Å². The summed E-state index contributed by atoms with van der Waals surface area (Å²) < 4.78 is 9.46. The highest BCUT2D eigenvalue weighted by molar-refractivity contribution is 5.95. The highest BCUT2D eigenvalue weighted by atomic mass is 16.5. The molecule has 0 saturated carbocycles. The van der Waals surface area contributed by atoms with E-state index in [-0.39, 0.29) is 5.97 Å². The second-order valence-electron chi connectivity index (χ2n) is 5.79. The van der Waals surface area contributed by atoms with E-state index in [1.165, 1.54) is 5.56 Å². The van der Waals surface area contributed by atoms with E-state index in [2.05, 4.69) is 16.7 Å². The molecule has 0 saturated heterocycles. The van der Waals surface area contributed by atoms with Gasteiger partial charge in [-0.15, -0.1) is 0 Å². The number of benzene rings is 1. The van der Waals surface area contributed by atoms with Crippen LogP contribution in [0.15, 0.2) is 54.9 Å². The van der Waals surface area contributed by atoms with Crippen molar-refractivity contribution in [2.24, 2.45) is 0 Å². The molecule has 0 amide bonds. The maximum absolute atomic E-state index is 12.6. The largest absolute Gasteiger partial charge is 0.462 e. The van der Waals surface area contributed by atoms with Crippen LogP contribution in [0.1, 0.15) is 34.1 Å². The maximum Gasteiger partial charge on any atom is 0.342 e. The molecule has 0 radical (unpaired) electrons. The van der Waals surface area contributed by atoms with Crippen LogP contribution in [0.2, 0.25) is 0 Å². The van der Waals surface area contributed by atoms with Crippen molar-refractivity contribution in [3.8, 4) is 5.82 Å². The zero-order chi connectivity index (χ0) is 17.1. The van der Waals surface area contributed by atoms with Crippen LogP contribution in [-0.2, 0) is 11.3 Å². The van der Waals surface area contributed by atoms with Crippen LogP contribution in [-0.4, -0.2) is 21.7 Å². The minimum Gasteiger partial charge on any atom is -0.462 e. The van der Waals surface area contributed by atoms with Crippen molar-refractivity contribution in [3.63, 3.8) is 0 Å². The predicted octanol–water partition coefficient (Wildman–Crippen LogP) is 4.12. The predicted molar refractivity (Wildman–Crippen MR) is 94.7 cm³/mol. The van der Waals surface area contributed by atoms with Gasteiger partial charge >= 0.3 is 5.97 Å². The van der Waals surface area contributed by atoms with Gasteiger partial charge in [0.05, 0.1) is 6.61 Å². The minimum atomic E-state index is -0.270. The fourth-order valence-corrected chi connectivity index (χ4v) is 3.00. The van der Waals surface area contributed by atoms with Gasteiger partial charge in [-0.1, -0.05) is 30.3 Å². The molecule has 0 bridgehead atoms. The summed E-state index contributed by atoms with van der Waals surface area (Å²) in [6, 6.07) is 14.2. The highest BCUT2D eigenvalue weighted by Crippen LogP contribution is 2.27. The molecule has 3 aromatic rings. The van der Waals surface area contributed by atoms with Crippen molar-refractivity contribution < 1.29 is 9.53 Å². The Kier molecular flexibility index (Phi) is 4.56. The first-order valence-electron chi connectivity index (χ1n) is 8.17. The first kappa shape index (κ1) is 16.1. The van der Waals surface area contributed by atoms with Crippen LogP contribution in [0.4, 0.5) is 0 Å². The lowest BCUT2D eigenvalue weighted by molar-refractivity contribution is 0.0525. The van der Waals surface area contributed by atoms with Gasteiger partial charge in [-0.2, -0.15) is 0 Å². The number of esters is 1. The Hall–Kier alpha value is -2.75. The van der Waals surface area contributed by atoms with Gasteiger partial charge in [-0.25, -0.2) is 4.79 Å². The van der Waals surface area contributed by atoms with Crippen LogP contribution in [0.5, 0.6) is 0 Å². The topological polar surface area (TPSA) is 36.2 Å². The number of ether oxygens (including phenoxy) is 1. The smallest absolute Gasteiger partial charge is 0.342 e. The van der Waals surface area contributed by atoms with E-state index in [4.69, 9.17) is 4.74 Å². The number of carbonyl (C=O) groups excluding carboxylic acids is 1. The van der Waals surface area contributed by atoms with Crippen molar-refractivity contribution in [3.05, 3.63) is 77.2 Å². The van der Waals surface area contributed by atoms with Crippen LogP contribution >= 0.6 is 0 Å². The average molecular weight is 322 g/mol. The zero-order valence-electron chi connectivity index (χ0n) is 14.3. The summed E-state index contributed by atoms with van der Waals surface area (Å²) in [6.07, 6.45) is 3.91. The molecule has 0 aliphatic heterocycles. The Morgan fingerprint density at radius 2 is 1.71 bits per heavy atom. The van der Waals surface area contributed by atoms with Crippen molar-refractivity contribution in [2.45, 2.75) is 27.3 Å². The molecule has 4 nitrogen and oxygen atoms in total. The van der Waals surface area contributed by atoms with E-state index in [0.717, 1.165) is 17.1 Å². The number of nitrogens with zero attached hydrogens (tertiary/aromatic N) is 2. The summed E-state index contributed by atoms with van der Waals surface area (Å²) in [7, 11) is 0. The monoisotopic (exact) mass is 322 g/mol. The number of aromatic nitrogens is 2. The summed E-state index contributed by atoms with van der Waals surface area (Å²) in [5, 5.41) is 0. The summed E-state index contributed by atoms with van der Waals surface area (Å²) in [6.45, 7) is 6.94. The van der Waals surface area contributed by atoms with E-state index in [1.54, 1.807) is 0 Å². The van der Waals surface area contributed by atoms with Gasteiger partial charge in [-0.3, -0.25) is 0 Å². The average Bonchev–Trinajstić information content (AvgIpc) is 3.18. The van der Waals surface area contributed by atoms with Crippen molar-refractivity contribution >= 4 is 5.97 Å². The van der Waals surface area contributed by atoms with Gasteiger partial charge < -0.3 is 13.9 Å². The van der Waals surface area contributed by atoms with Gasteiger partial charge in [0, 0.05) is 24.6 Å². The molecule has 0 N–H and O–H groups in total. The molecule has 0 aliphatic rings. The standard InChI is InChI=1S/C20H22N2O2/c1-4-24-20(23)18-15(2)16(3)22(14-17-10-6-5-7-11-17)19(18)21-12-8-9-13-21/h5-13H,4,14H2,1-3H3. The molecule has 3 rings (SSSR count). The Balaban J connectivity index is 2.17. The zero-order valence-corrected chi connectivity index (χ0v) is 14.3. The van der Waals surface area contributed by atoms with Gasteiger partial charge in [-0.05, 0) is 44.0 Å². The summed E-state index contributed by atoms with van der Waals surface area (Å²) >= 11 is 0. The lowest BCUT2D eigenvalue weighted by atomic mass is 10.1. The quantitative estimate of drug-likeness (QED) is 0.663. The molecule has 2 heterocycles. The lowest BCUT2D eigenvalue weighted by Crippen LogP contribution is -2.12. The normalized spacial score (nSPS) is 10.8. The molecule has 0 unspecified atom stereocenters. The second kappa shape index (κ2) is 6.79. The van der Waals surface area contributed by atoms with E-state index in [0.29, 0.717) is 18.7 Å². The SMILES string of the molecule is CCOC(=O)c1c(C)c(C)n(Cc2ccccc2)c1-n1cccc1. The molecule has 0 atom stereocenters. The summed E-state index contributed by atoms with van der Waals surface area (Å²) in [5.41, 5.74) is 3.87. The number of rotatable bonds is 5. The lowest BCUT2D eigenvalue weighted by Gasteiger charge is -2.14. The molecule has 0 fully saturated rings. The molecule has 0 spiro atoms. The molecule has 2 aromatic heterocycles. The minimum absolute atomic E-state index is 0.270. The molecular formula is C20H22N2O2. The fraction of sp³-hybridized carbons (Fsp3) is 0.250. The molecule has 24 heavy (non-hydrogen) atoms. The molecule has 4 heteroatoms. The summed E-state index contributed by atoms with van der Waals surface area (Å²) in [5.74, 6) is 0.589. The van der Waals surface area contributed by atoms with Crippen molar-refractivity contribution in [1.82, 2.24) is 9.13 Å². The third-order valence-electron chi connectivity index (χ3n) is 4.31. The van der Waals surface area contributed by atoms with E-state index in [1.807, 2.05) is 68.1 Å². The summed E-state index contributed by atoms with van der Waals surface area (Å²) in [4.78, 5) is 12.6. The van der Waals surface area contributed by atoms with Gasteiger partial charge in [0.1, 0.15) is 11.4 Å². The molecular weight excluding hydrogens is 300 g/mol. The van der Waals surface area contributed by atoms with Crippen LogP contribution in [0.25, 0.3) is 5.82 Å². The highest BCUT2D eigenvalue weighted by Gasteiger charge is 2.25. The van der Waals surface area contributed by atoms with E-state index < -0.39 is 0 Å². The first-order valence-corrected chi connectivity index (χ1v) is 8.17. The van der Waals surface area contributed by atoms with Gasteiger partial charge in [0.25, 0.3) is 0 Å². The molecule has 124 valence electrons. The van der Waals surface area contributed by atoms with Crippen LogP contribution < -0.4 is 0 Å². The second-order valence-corrected chi connectivity index (χ2v) is 5.79. The number of carbonyl (C=O) groups is 1. The Bertz CT molecular complexity index is 830. The third kappa shape index (κ3) is 2.87. The Morgan fingerprint density at radius 3 is 2.33 bits per heavy atom. The maximum atomic E-state index is 12.6. The first-order chi connectivity index (χ1) is 11.6. The van der Waals surface area contributed by atoms with E-state index in [9.17, 15) is 4.79 Å².